The number of esters is 1. The summed E-state index contributed by atoms with van der Waals surface area (Å²) in [5.74, 6) is 1.36. The minimum atomic E-state index is -0.329. The van der Waals surface area contributed by atoms with Crippen LogP contribution in [0.4, 0.5) is 0 Å². The van der Waals surface area contributed by atoms with Gasteiger partial charge in [-0.05, 0) is 71.2 Å². The van der Waals surface area contributed by atoms with Gasteiger partial charge in [0.15, 0.2) is 0 Å². The quantitative estimate of drug-likeness (QED) is 0.260. The zero-order valence-electron chi connectivity index (χ0n) is 19.2. The molecule has 0 aliphatic carbocycles. The monoisotopic (exact) mass is 414 g/mol. The first-order chi connectivity index (χ1) is 15.0. The molecule has 2 unspecified atom stereocenters. The van der Waals surface area contributed by atoms with Crippen LogP contribution < -0.4 is 4.74 Å². The van der Waals surface area contributed by atoms with Crippen LogP contribution in [-0.4, -0.2) is 5.97 Å². The fraction of sp³-hybridized carbons (Fsp3) is 0.345. The summed E-state index contributed by atoms with van der Waals surface area (Å²) < 4.78 is 5.57. The Balaban J connectivity index is 1.63. The molecule has 0 bridgehead atoms. The van der Waals surface area contributed by atoms with E-state index in [2.05, 4.69) is 64.1 Å². The molecule has 162 valence electrons. The summed E-state index contributed by atoms with van der Waals surface area (Å²) in [6, 6.07) is 24.3. The highest BCUT2D eigenvalue weighted by molar-refractivity contribution is 5.91. The molecular weight excluding hydrogens is 380 g/mol. The Hall–Kier alpha value is -2.87. The van der Waals surface area contributed by atoms with Gasteiger partial charge in [-0.2, -0.15) is 0 Å². The maximum Gasteiger partial charge on any atom is 0.343 e. The van der Waals surface area contributed by atoms with Crippen LogP contribution in [0, 0.1) is 0 Å². The molecule has 0 spiro atoms. The van der Waals surface area contributed by atoms with E-state index in [0.717, 1.165) is 24.0 Å². The SMILES string of the molecule is CCCC(C)c1ccc(OC(=O)c2ccc(-c3ccc(C(C)CCC)cc3)cc2)cc1. The Morgan fingerprint density at radius 3 is 1.55 bits per heavy atom. The first-order valence-corrected chi connectivity index (χ1v) is 11.5. The number of carbonyl (C=O) groups is 1. The highest BCUT2D eigenvalue weighted by Crippen LogP contribution is 2.26. The molecule has 0 radical (unpaired) electrons. The van der Waals surface area contributed by atoms with Gasteiger partial charge < -0.3 is 4.74 Å². The molecule has 3 aromatic carbocycles. The molecule has 0 fully saturated rings. The van der Waals surface area contributed by atoms with Crippen LogP contribution in [0.5, 0.6) is 5.75 Å². The van der Waals surface area contributed by atoms with Gasteiger partial charge in [-0.25, -0.2) is 4.79 Å². The van der Waals surface area contributed by atoms with E-state index in [4.69, 9.17) is 4.74 Å². The summed E-state index contributed by atoms with van der Waals surface area (Å²) in [7, 11) is 0. The van der Waals surface area contributed by atoms with Crippen LogP contribution in [0.1, 0.15) is 86.7 Å². The standard InChI is InChI=1S/C29H34O2/c1-5-7-21(3)23-9-11-25(12-10-23)26-13-15-27(16-14-26)29(30)31-28-19-17-24(18-20-28)22(4)8-6-2/h9-22H,5-8H2,1-4H3. The average Bonchev–Trinajstić information content (AvgIpc) is 2.80. The van der Waals surface area contributed by atoms with Crippen molar-refractivity contribution in [1.29, 1.82) is 0 Å². The number of rotatable bonds is 9. The number of carbonyl (C=O) groups excluding carboxylic acids is 1. The second-order valence-corrected chi connectivity index (χ2v) is 8.54. The van der Waals surface area contributed by atoms with Crippen molar-refractivity contribution >= 4 is 5.97 Å². The maximum atomic E-state index is 12.5. The van der Waals surface area contributed by atoms with Crippen LogP contribution in [0.15, 0.2) is 72.8 Å². The molecule has 3 aromatic rings. The van der Waals surface area contributed by atoms with Crippen molar-refractivity contribution in [3.05, 3.63) is 89.5 Å². The van der Waals surface area contributed by atoms with E-state index in [1.165, 1.54) is 24.0 Å². The second kappa shape index (κ2) is 10.9. The van der Waals surface area contributed by atoms with E-state index >= 15 is 0 Å². The number of hydrogen-bond acceptors (Lipinski definition) is 2. The molecule has 0 N–H and O–H groups in total. The van der Waals surface area contributed by atoms with Crippen molar-refractivity contribution in [3.63, 3.8) is 0 Å². The molecule has 0 saturated heterocycles. The number of ether oxygens (including phenoxy) is 1. The first-order valence-electron chi connectivity index (χ1n) is 11.5. The van der Waals surface area contributed by atoms with Crippen LogP contribution >= 0.6 is 0 Å². The maximum absolute atomic E-state index is 12.5. The lowest BCUT2D eigenvalue weighted by Gasteiger charge is -2.12. The zero-order chi connectivity index (χ0) is 22.2. The second-order valence-electron chi connectivity index (χ2n) is 8.54. The van der Waals surface area contributed by atoms with Gasteiger partial charge in [0.2, 0.25) is 0 Å². The lowest BCUT2D eigenvalue weighted by atomic mass is 9.94. The van der Waals surface area contributed by atoms with E-state index < -0.39 is 0 Å². The Morgan fingerprint density at radius 1 is 0.677 bits per heavy atom. The predicted octanol–water partition coefficient (Wildman–Crippen LogP) is 8.38. The molecule has 2 nitrogen and oxygen atoms in total. The third kappa shape index (κ3) is 6.07. The predicted molar refractivity (Wildman–Crippen MR) is 130 cm³/mol. The summed E-state index contributed by atoms with van der Waals surface area (Å²) in [6.45, 7) is 8.92. The highest BCUT2D eigenvalue weighted by atomic mass is 16.5. The van der Waals surface area contributed by atoms with Gasteiger partial charge in [0, 0.05) is 0 Å². The van der Waals surface area contributed by atoms with Gasteiger partial charge in [0.1, 0.15) is 5.75 Å². The molecule has 2 heteroatoms. The zero-order valence-corrected chi connectivity index (χ0v) is 19.2. The Morgan fingerprint density at radius 2 is 1.10 bits per heavy atom. The first kappa shape index (κ1) is 22.8. The summed E-state index contributed by atoms with van der Waals surface area (Å²) in [5, 5.41) is 0. The molecule has 2 atom stereocenters. The van der Waals surface area contributed by atoms with Crippen molar-refractivity contribution in [2.24, 2.45) is 0 Å². The molecular formula is C29H34O2. The molecule has 0 aliphatic rings. The van der Waals surface area contributed by atoms with Crippen molar-refractivity contribution in [3.8, 4) is 16.9 Å². The molecule has 0 amide bonds. The van der Waals surface area contributed by atoms with Crippen molar-refractivity contribution in [1.82, 2.24) is 0 Å². The summed E-state index contributed by atoms with van der Waals surface area (Å²) in [5.41, 5.74) is 5.46. The van der Waals surface area contributed by atoms with Gasteiger partial charge in [-0.15, -0.1) is 0 Å². The molecule has 0 aliphatic heterocycles. The van der Waals surface area contributed by atoms with Crippen LogP contribution in [-0.2, 0) is 0 Å². The van der Waals surface area contributed by atoms with Crippen molar-refractivity contribution in [2.75, 3.05) is 0 Å². The van der Waals surface area contributed by atoms with E-state index in [9.17, 15) is 4.79 Å². The molecule has 0 heterocycles. The fourth-order valence-electron chi connectivity index (χ4n) is 4.03. The third-order valence-electron chi connectivity index (χ3n) is 6.04. The summed E-state index contributed by atoms with van der Waals surface area (Å²) in [6.07, 6.45) is 4.72. The largest absolute Gasteiger partial charge is 0.423 e. The third-order valence-corrected chi connectivity index (χ3v) is 6.04. The van der Waals surface area contributed by atoms with Gasteiger partial charge in [-0.3, -0.25) is 0 Å². The lowest BCUT2D eigenvalue weighted by Crippen LogP contribution is -2.08. The van der Waals surface area contributed by atoms with Crippen LogP contribution in [0.25, 0.3) is 11.1 Å². The summed E-state index contributed by atoms with van der Waals surface area (Å²) in [4.78, 5) is 12.5. The van der Waals surface area contributed by atoms with E-state index in [1.54, 1.807) is 0 Å². The van der Waals surface area contributed by atoms with Crippen LogP contribution in [0.3, 0.4) is 0 Å². The summed E-state index contributed by atoms with van der Waals surface area (Å²) >= 11 is 0. The number of hydrogen-bond donors (Lipinski definition) is 0. The number of benzene rings is 3. The van der Waals surface area contributed by atoms with Gasteiger partial charge >= 0.3 is 5.97 Å². The average molecular weight is 415 g/mol. The minimum Gasteiger partial charge on any atom is -0.423 e. The van der Waals surface area contributed by atoms with E-state index in [1.807, 2.05) is 36.4 Å². The van der Waals surface area contributed by atoms with E-state index in [0.29, 0.717) is 23.1 Å². The van der Waals surface area contributed by atoms with Crippen molar-refractivity contribution < 1.29 is 9.53 Å². The Labute approximate surface area is 187 Å². The molecule has 3 rings (SSSR count). The molecule has 0 saturated carbocycles. The van der Waals surface area contributed by atoms with Gasteiger partial charge in [-0.1, -0.05) is 89.1 Å². The minimum absolute atomic E-state index is 0.329. The van der Waals surface area contributed by atoms with E-state index in [-0.39, 0.29) is 5.97 Å². The van der Waals surface area contributed by atoms with Gasteiger partial charge in [0.25, 0.3) is 0 Å². The molecule has 31 heavy (non-hydrogen) atoms. The normalized spacial score (nSPS) is 12.9. The molecule has 0 aromatic heterocycles. The smallest absolute Gasteiger partial charge is 0.343 e. The van der Waals surface area contributed by atoms with Crippen molar-refractivity contribution in [2.45, 2.75) is 65.2 Å². The van der Waals surface area contributed by atoms with Crippen LogP contribution in [0.2, 0.25) is 0 Å². The topological polar surface area (TPSA) is 26.3 Å². The lowest BCUT2D eigenvalue weighted by molar-refractivity contribution is 0.0734. The Kier molecular flexibility index (Phi) is 8.06. The fourth-order valence-corrected chi connectivity index (χ4v) is 4.03. The van der Waals surface area contributed by atoms with Gasteiger partial charge in [0.05, 0.1) is 5.56 Å². The Bertz CT molecular complexity index is 953. The highest BCUT2D eigenvalue weighted by Gasteiger charge is 2.11.